The number of hydrogen-bond donors (Lipinski definition) is 2. The summed E-state index contributed by atoms with van der Waals surface area (Å²) in [6, 6.07) is 7.99. The predicted molar refractivity (Wildman–Crippen MR) is 53.9 cm³/mol. The van der Waals surface area contributed by atoms with Crippen LogP contribution >= 0.6 is 0 Å². The van der Waals surface area contributed by atoms with Crippen LogP contribution in [-0.4, -0.2) is 21.2 Å². The molecule has 0 aliphatic heterocycles. The van der Waals surface area contributed by atoms with E-state index in [1.807, 2.05) is 32.3 Å². The van der Waals surface area contributed by atoms with Crippen molar-refractivity contribution in [1.82, 2.24) is 10.6 Å². The molecule has 0 heterocycles. The Kier molecular flexibility index (Phi) is 3.73. The lowest BCUT2D eigenvalue weighted by molar-refractivity contribution is 0.412. The number of ether oxygens (including phenoxy) is 1. The van der Waals surface area contributed by atoms with Crippen LogP contribution in [0.3, 0.4) is 0 Å². The van der Waals surface area contributed by atoms with Crippen molar-refractivity contribution >= 4 is 0 Å². The summed E-state index contributed by atoms with van der Waals surface area (Å²) in [5, 5.41) is 6.31. The standard InChI is InChI=1S/C10H16N2O/c1-11-10(12-2)8-5-4-6-9(7-8)13-3/h4-7,10-12H,1-3H3. The number of nitrogens with one attached hydrogen (secondary N) is 2. The van der Waals surface area contributed by atoms with Crippen LogP contribution in [0.1, 0.15) is 11.7 Å². The molecule has 1 rings (SSSR count). The molecule has 0 aromatic heterocycles. The summed E-state index contributed by atoms with van der Waals surface area (Å²) >= 11 is 0. The van der Waals surface area contributed by atoms with E-state index in [4.69, 9.17) is 4.74 Å². The molecule has 2 N–H and O–H groups in total. The molecular weight excluding hydrogens is 164 g/mol. The van der Waals surface area contributed by atoms with E-state index in [-0.39, 0.29) is 6.17 Å². The van der Waals surface area contributed by atoms with Crippen LogP contribution < -0.4 is 15.4 Å². The van der Waals surface area contributed by atoms with Gasteiger partial charge in [-0.25, -0.2) is 0 Å². The van der Waals surface area contributed by atoms with Crippen molar-refractivity contribution in [2.75, 3.05) is 21.2 Å². The summed E-state index contributed by atoms with van der Waals surface area (Å²) in [5.41, 5.74) is 1.17. The van der Waals surface area contributed by atoms with E-state index in [1.165, 1.54) is 5.56 Å². The Hall–Kier alpha value is -1.06. The monoisotopic (exact) mass is 180 g/mol. The molecule has 1 aromatic rings. The second kappa shape index (κ2) is 4.84. The molecule has 0 saturated carbocycles. The van der Waals surface area contributed by atoms with Crippen molar-refractivity contribution in [2.45, 2.75) is 6.17 Å². The first-order chi connectivity index (χ1) is 6.31. The first kappa shape index (κ1) is 10.0. The molecule has 0 bridgehead atoms. The van der Waals surface area contributed by atoms with Crippen LogP contribution in [0.25, 0.3) is 0 Å². The molecule has 3 nitrogen and oxygen atoms in total. The summed E-state index contributed by atoms with van der Waals surface area (Å²) in [4.78, 5) is 0. The van der Waals surface area contributed by atoms with E-state index < -0.39 is 0 Å². The molecule has 0 atom stereocenters. The van der Waals surface area contributed by atoms with Crippen molar-refractivity contribution in [2.24, 2.45) is 0 Å². The van der Waals surface area contributed by atoms with E-state index in [9.17, 15) is 0 Å². The average Bonchev–Trinajstić information content (AvgIpc) is 2.20. The van der Waals surface area contributed by atoms with Gasteiger partial charge in [-0.05, 0) is 31.8 Å². The largest absolute Gasteiger partial charge is 0.497 e. The van der Waals surface area contributed by atoms with Gasteiger partial charge < -0.3 is 15.4 Å². The van der Waals surface area contributed by atoms with Gasteiger partial charge in [-0.1, -0.05) is 12.1 Å². The molecule has 0 unspecified atom stereocenters. The molecule has 1 aromatic carbocycles. The van der Waals surface area contributed by atoms with E-state index in [0.29, 0.717) is 0 Å². The highest BCUT2D eigenvalue weighted by Crippen LogP contribution is 2.16. The molecule has 0 radical (unpaired) electrons. The van der Waals surface area contributed by atoms with E-state index in [0.717, 1.165) is 5.75 Å². The van der Waals surface area contributed by atoms with E-state index in [2.05, 4.69) is 16.7 Å². The first-order valence-electron chi connectivity index (χ1n) is 4.30. The van der Waals surface area contributed by atoms with Gasteiger partial charge in [0.1, 0.15) is 5.75 Å². The number of benzene rings is 1. The molecule has 0 aliphatic carbocycles. The summed E-state index contributed by atoms with van der Waals surface area (Å²) < 4.78 is 5.14. The first-order valence-corrected chi connectivity index (χ1v) is 4.30. The minimum Gasteiger partial charge on any atom is -0.497 e. The van der Waals surface area contributed by atoms with Gasteiger partial charge in [0.05, 0.1) is 13.3 Å². The van der Waals surface area contributed by atoms with Gasteiger partial charge in [0, 0.05) is 0 Å². The molecule has 3 heteroatoms. The molecular formula is C10H16N2O. The minimum atomic E-state index is 0.176. The van der Waals surface area contributed by atoms with Crippen LogP contribution in [0.5, 0.6) is 5.75 Å². The second-order valence-electron chi connectivity index (χ2n) is 2.79. The molecule has 0 saturated heterocycles. The topological polar surface area (TPSA) is 33.3 Å². The molecule has 13 heavy (non-hydrogen) atoms. The van der Waals surface area contributed by atoms with Crippen molar-refractivity contribution < 1.29 is 4.74 Å². The number of methoxy groups -OCH3 is 1. The van der Waals surface area contributed by atoms with E-state index in [1.54, 1.807) is 7.11 Å². The van der Waals surface area contributed by atoms with Gasteiger partial charge in [0.2, 0.25) is 0 Å². The summed E-state index contributed by atoms with van der Waals surface area (Å²) in [6.07, 6.45) is 0.176. The smallest absolute Gasteiger partial charge is 0.119 e. The SMILES string of the molecule is CNC(NC)c1cccc(OC)c1. The predicted octanol–water partition coefficient (Wildman–Crippen LogP) is 1.13. The Morgan fingerprint density at radius 3 is 2.46 bits per heavy atom. The number of hydrogen-bond acceptors (Lipinski definition) is 3. The molecule has 0 fully saturated rings. The Morgan fingerprint density at radius 2 is 1.92 bits per heavy atom. The fourth-order valence-electron chi connectivity index (χ4n) is 1.30. The zero-order chi connectivity index (χ0) is 9.68. The molecule has 0 aliphatic rings. The number of rotatable bonds is 4. The van der Waals surface area contributed by atoms with Gasteiger partial charge >= 0.3 is 0 Å². The Balaban J connectivity index is 2.86. The van der Waals surface area contributed by atoms with Gasteiger partial charge in [-0.3, -0.25) is 0 Å². The van der Waals surface area contributed by atoms with Crippen LogP contribution in [0.15, 0.2) is 24.3 Å². The normalized spacial score (nSPS) is 10.5. The highest BCUT2D eigenvalue weighted by molar-refractivity contribution is 5.30. The Morgan fingerprint density at radius 1 is 1.23 bits per heavy atom. The zero-order valence-electron chi connectivity index (χ0n) is 8.29. The molecule has 0 spiro atoms. The van der Waals surface area contributed by atoms with Crippen LogP contribution in [0.4, 0.5) is 0 Å². The third kappa shape index (κ3) is 2.44. The summed E-state index contributed by atoms with van der Waals surface area (Å²) in [7, 11) is 5.51. The maximum atomic E-state index is 5.14. The van der Waals surface area contributed by atoms with Gasteiger partial charge in [-0.2, -0.15) is 0 Å². The van der Waals surface area contributed by atoms with Crippen molar-refractivity contribution in [3.8, 4) is 5.75 Å². The Bertz CT molecular complexity index is 259. The lowest BCUT2D eigenvalue weighted by Crippen LogP contribution is -2.28. The fraction of sp³-hybridized carbons (Fsp3) is 0.400. The van der Waals surface area contributed by atoms with Crippen molar-refractivity contribution in [3.05, 3.63) is 29.8 Å². The maximum Gasteiger partial charge on any atom is 0.119 e. The molecule has 72 valence electrons. The lowest BCUT2D eigenvalue weighted by atomic mass is 10.1. The second-order valence-corrected chi connectivity index (χ2v) is 2.79. The molecule has 0 amide bonds. The average molecular weight is 180 g/mol. The Labute approximate surface area is 79.1 Å². The highest BCUT2D eigenvalue weighted by Gasteiger charge is 2.05. The lowest BCUT2D eigenvalue weighted by Gasteiger charge is -2.15. The summed E-state index contributed by atoms with van der Waals surface area (Å²) in [5.74, 6) is 0.882. The third-order valence-corrected chi connectivity index (χ3v) is 2.00. The van der Waals surface area contributed by atoms with Gasteiger partial charge in [-0.15, -0.1) is 0 Å². The maximum absolute atomic E-state index is 5.14. The minimum absolute atomic E-state index is 0.176. The van der Waals surface area contributed by atoms with Gasteiger partial charge in [0.15, 0.2) is 0 Å². The van der Waals surface area contributed by atoms with Crippen molar-refractivity contribution in [1.29, 1.82) is 0 Å². The quantitative estimate of drug-likeness (QED) is 0.681. The summed E-state index contributed by atoms with van der Waals surface area (Å²) in [6.45, 7) is 0. The van der Waals surface area contributed by atoms with Crippen LogP contribution in [-0.2, 0) is 0 Å². The highest BCUT2D eigenvalue weighted by atomic mass is 16.5. The van der Waals surface area contributed by atoms with E-state index >= 15 is 0 Å². The third-order valence-electron chi connectivity index (χ3n) is 2.00. The van der Waals surface area contributed by atoms with Crippen LogP contribution in [0.2, 0.25) is 0 Å². The fourth-order valence-corrected chi connectivity index (χ4v) is 1.30. The van der Waals surface area contributed by atoms with Gasteiger partial charge in [0.25, 0.3) is 0 Å². The van der Waals surface area contributed by atoms with Crippen molar-refractivity contribution in [3.63, 3.8) is 0 Å². The van der Waals surface area contributed by atoms with Crippen LogP contribution in [0, 0.1) is 0 Å². The zero-order valence-corrected chi connectivity index (χ0v) is 8.29.